The van der Waals surface area contributed by atoms with Crippen LogP contribution in [-0.2, 0) is 6.42 Å². The van der Waals surface area contributed by atoms with Crippen molar-refractivity contribution in [3.05, 3.63) is 29.6 Å². The van der Waals surface area contributed by atoms with Crippen LogP contribution in [0.2, 0.25) is 0 Å². The predicted octanol–water partition coefficient (Wildman–Crippen LogP) is 1.25. The molecule has 3 N–H and O–H groups in total. The molecule has 0 aliphatic rings. The van der Waals surface area contributed by atoms with Crippen molar-refractivity contribution in [1.29, 1.82) is 0 Å². The van der Waals surface area contributed by atoms with Gasteiger partial charge in [0.05, 0.1) is 6.10 Å². The number of carbonyl (C=O) groups is 1. The zero-order chi connectivity index (χ0) is 14.3. The molecule has 106 valence electrons. The van der Waals surface area contributed by atoms with Gasteiger partial charge in [-0.3, -0.25) is 4.98 Å². The molecule has 5 heteroatoms. The van der Waals surface area contributed by atoms with E-state index in [4.69, 9.17) is 0 Å². The highest BCUT2D eigenvalue weighted by molar-refractivity contribution is 5.73. The standard InChI is InChI=1S/C14H23N3O2/c1-10(2)13(18)9-17-14(19)16-7-5-12-4-6-15-8-11(12)3/h4,6,8,10,13,18H,5,7,9H2,1-3H3,(H2,16,17,19). The van der Waals surface area contributed by atoms with Gasteiger partial charge < -0.3 is 15.7 Å². The molecule has 0 fully saturated rings. The van der Waals surface area contributed by atoms with E-state index in [1.54, 1.807) is 6.20 Å². The average molecular weight is 265 g/mol. The number of nitrogens with zero attached hydrogens (tertiary/aromatic N) is 1. The van der Waals surface area contributed by atoms with Crippen LogP contribution in [0.25, 0.3) is 0 Å². The summed E-state index contributed by atoms with van der Waals surface area (Å²) in [7, 11) is 0. The lowest BCUT2D eigenvalue weighted by Crippen LogP contribution is -2.41. The molecule has 1 aromatic rings. The van der Waals surface area contributed by atoms with Crippen molar-refractivity contribution in [2.75, 3.05) is 13.1 Å². The number of urea groups is 1. The third kappa shape index (κ3) is 5.70. The summed E-state index contributed by atoms with van der Waals surface area (Å²) >= 11 is 0. The molecule has 0 spiro atoms. The fourth-order valence-electron chi connectivity index (χ4n) is 1.59. The zero-order valence-corrected chi connectivity index (χ0v) is 11.8. The Morgan fingerprint density at radius 1 is 1.42 bits per heavy atom. The summed E-state index contributed by atoms with van der Waals surface area (Å²) < 4.78 is 0. The molecule has 19 heavy (non-hydrogen) atoms. The van der Waals surface area contributed by atoms with E-state index in [2.05, 4.69) is 15.6 Å². The summed E-state index contributed by atoms with van der Waals surface area (Å²) in [6.07, 6.45) is 3.83. The summed E-state index contributed by atoms with van der Waals surface area (Å²) in [6.45, 7) is 6.67. The van der Waals surface area contributed by atoms with Gasteiger partial charge in [0.1, 0.15) is 0 Å². The fraction of sp³-hybridized carbons (Fsp3) is 0.571. The van der Waals surface area contributed by atoms with E-state index in [-0.39, 0.29) is 18.5 Å². The Hall–Kier alpha value is -1.62. The third-order valence-electron chi connectivity index (χ3n) is 3.06. The number of carbonyl (C=O) groups excluding carboxylic acids is 1. The zero-order valence-electron chi connectivity index (χ0n) is 11.8. The van der Waals surface area contributed by atoms with Crippen LogP contribution in [0.4, 0.5) is 4.79 Å². The van der Waals surface area contributed by atoms with Crippen LogP contribution in [0.15, 0.2) is 18.5 Å². The van der Waals surface area contributed by atoms with E-state index in [1.807, 2.05) is 33.0 Å². The smallest absolute Gasteiger partial charge is 0.314 e. The molecule has 1 atom stereocenters. The number of aliphatic hydroxyl groups is 1. The minimum atomic E-state index is -0.506. The number of nitrogens with one attached hydrogen (secondary N) is 2. The number of hydrogen-bond acceptors (Lipinski definition) is 3. The molecule has 0 aliphatic heterocycles. The van der Waals surface area contributed by atoms with Gasteiger partial charge in [-0.2, -0.15) is 0 Å². The van der Waals surface area contributed by atoms with Gasteiger partial charge in [0.25, 0.3) is 0 Å². The highest BCUT2D eigenvalue weighted by atomic mass is 16.3. The molecular formula is C14H23N3O2. The van der Waals surface area contributed by atoms with Crippen LogP contribution in [0, 0.1) is 12.8 Å². The van der Waals surface area contributed by atoms with Crippen molar-refractivity contribution < 1.29 is 9.90 Å². The van der Waals surface area contributed by atoms with Crippen molar-refractivity contribution in [3.63, 3.8) is 0 Å². The molecule has 1 rings (SSSR count). The van der Waals surface area contributed by atoms with Crippen molar-refractivity contribution in [2.45, 2.75) is 33.3 Å². The number of amides is 2. The first-order valence-electron chi connectivity index (χ1n) is 6.60. The number of aliphatic hydroxyl groups excluding tert-OH is 1. The van der Waals surface area contributed by atoms with Crippen molar-refractivity contribution >= 4 is 6.03 Å². The van der Waals surface area contributed by atoms with Gasteiger partial charge >= 0.3 is 6.03 Å². The Morgan fingerprint density at radius 2 is 2.16 bits per heavy atom. The van der Waals surface area contributed by atoms with Crippen LogP contribution in [0.1, 0.15) is 25.0 Å². The second kappa shape index (κ2) is 7.74. The van der Waals surface area contributed by atoms with E-state index >= 15 is 0 Å². The number of rotatable bonds is 6. The van der Waals surface area contributed by atoms with Gasteiger partial charge in [0.15, 0.2) is 0 Å². The van der Waals surface area contributed by atoms with Gasteiger partial charge in [-0.05, 0) is 36.5 Å². The molecule has 0 saturated carbocycles. The van der Waals surface area contributed by atoms with Gasteiger partial charge in [0.2, 0.25) is 0 Å². The van der Waals surface area contributed by atoms with Gasteiger partial charge in [-0.1, -0.05) is 13.8 Å². The largest absolute Gasteiger partial charge is 0.391 e. The van der Waals surface area contributed by atoms with Crippen LogP contribution in [0.5, 0.6) is 0 Å². The number of aryl methyl sites for hydroxylation is 1. The number of hydrogen-bond donors (Lipinski definition) is 3. The molecule has 0 saturated heterocycles. The van der Waals surface area contributed by atoms with Gasteiger partial charge in [0, 0.05) is 25.5 Å². The Kier molecular flexibility index (Phi) is 6.29. The Morgan fingerprint density at radius 3 is 2.79 bits per heavy atom. The van der Waals surface area contributed by atoms with Crippen molar-refractivity contribution in [2.24, 2.45) is 5.92 Å². The van der Waals surface area contributed by atoms with Crippen LogP contribution >= 0.6 is 0 Å². The number of aromatic nitrogens is 1. The lowest BCUT2D eigenvalue weighted by molar-refractivity contribution is 0.125. The van der Waals surface area contributed by atoms with E-state index in [0.717, 1.165) is 12.0 Å². The molecule has 0 aromatic carbocycles. The molecule has 0 radical (unpaired) electrons. The SMILES string of the molecule is Cc1cnccc1CCNC(=O)NCC(O)C(C)C. The summed E-state index contributed by atoms with van der Waals surface area (Å²) in [5.41, 5.74) is 2.30. The monoisotopic (exact) mass is 265 g/mol. The topological polar surface area (TPSA) is 74.2 Å². The minimum Gasteiger partial charge on any atom is -0.391 e. The molecule has 2 amide bonds. The maximum Gasteiger partial charge on any atom is 0.314 e. The second-order valence-electron chi connectivity index (χ2n) is 5.00. The van der Waals surface area contributed by atoms with Gasteiger partial charge in [-0.25, -0.2) is 4.79 Å². The Balaban J connectivity index is 2.23. The van der Waals surface area contributed by atoms with E-state index in [0.29, 0.717) is 6.54 Å². The Bertz CT molecular complexity index is 407. The molecule has 0 aliphatic carbocycles. The minimum absolute atomic E-state index is 0.139. The molecule has 1 unspecified atom stereocenters. The van der Waals surface area contributed by atoms with Gasteiger partial charge in [-0.15, -0.1) is 0 Å². The summed E-state index contributed by atoms with van der Waals surface area (Å²) in [5, 5.41) is 15.0. The lowest BCUT2D eigenvalue weighted by Gasteiger charge is -2.15. The van der Waals surface area contributed by atoms with Crippen LogP contribution < -0.4 is 10.6 Å². The lowest BCUT2D eigenvalue weighted by atomic mass is 10.1. The molecule has 1 aromatic heterocycles. The van der Waals surface area contributed by atoms with E-state index in [1.165, 1.54) is 5.56 Å². The quantitative estimate of drug-likeness (QED) is 0.724. The second-order valence-corrected chi connectivity index (χ2v) is 5.00. The first-order chi connectivity index (χ1) is 9.00. The molecule has 1 heterocycles. The first-order valence-corrected chi connectivity index (χ1v) is 6.60. The fourth-order valence-corrected chi connectivity index (χ4v) is 1.59. The molecule has 5 nitrogen and oxygen atoms in total. The summed E-state index contributed by atoms with van der Waals surface area (Å²) in [6, 6.07) is 1.71. The highest BCUT2D eigenvalue weighted by Crippen LogP contribution is 2.04. The molecular weight excluding hydrogens is 242 g/mol. The maximum absolute atomic E-state index is 11.5. The Labute approximate surface area is 114 Å². The normalized spacial score (nSPS) is 12.3. The maximum atomic E-state index is 11.5. The summed E-state index contributed by atoms with van der Waals surface area (Å²) in [5.74, 6) is 0.139. The van der Waals surface area contributed by atoms with Crippen LogP contribution in [0.3, 0.4) is 0 Å². The third-order valence-corrected chi connectivity index (χ3v) is 3.06. The number of pyridine rings is 1. The summed E-state index contributed by atoms with van der Waals surface area (Å²) in [4.78, 5) is 15.5. The van der Waals surface area contributed by atoms with E-state index < -0.39 is 6.10 Å². The highest BCUT2D eigenvalue weighted by Gasteiger charge is 2.10. The predicted molar refractivity (Wildman–Crippen MR) is 74.9 cm³/mol. The van der Waals surface area contributed by atoms with Crippen molar-refractivity contribution in [3.8, 4) is 0 Å². The van der Waals surface area contributed by atoms with Crippen molar-refractivity contribution in [1.82, 2.24) is 15.6 Å². The average Bonchev–Trinajstić information content (AvgIpc) is 2.38. The molecule has 0 bridgehead atoms. The van der Waals surface area contributed by atoms with E-state index in [9.17, 15) is 9.90 Å². The van der Waals surface area contributed by atoms with Crippen LogP contribution in [-0.4, -0.2) is 35.3 Å². The first kappa shape index (κ1) is 15.4.